The SMILES string of the molecule is CCOC1(OCC)C[C@H]2CC(=O)O[C@H]21. The smallest absolute Gasteiger partial charge is 0.306 e. The molecule has 1 saturated carbocycles. The van der Waals surface area contributed by atoms with E-state index in [1.807, 2.05) is 13.8 Å². The summed E-state index contributed by atoms with van der Waals surface area (Å²) in [5.41, 5.74) is 0. The molecule has 0 unspecified atom stereocenters. The van der Waals surface area contributed by atoms with Crippen LogP contribution in [0.3, 0.4) is 0 Å². The number of carbonyl (C=O) groups is 1. The second kappa shape index (κ2) is 3.51. The number of hydrogen-bond donors (Lipinski definition) is 0. The topological polar surface area (TPSA) is 44.8 Å². The van der Waals surface area contributed by atoms with E-state index in [-0.39, 0.29) is 12.1 Å². The molecule has 0 aromatic carbocycles. The maximum Gasteiger partial charge on any atom is 0.306 e. The van der Waals surface area contributed by atoms with Gasteiger partial charge in [-0.15, -0.1) is 0 Å². The van der Waals surface area contributed by atoms with Gasteiger partial charge in [-0.1, -0.05) is 0 Å². The van der Waals surface area contributed by atoms with Crippen molar-refractivity contribution in [2.24, 2.45) is 5.92 Å². The van der Waals surface area contributed by atoms with Crippen LogP contribution in [0.15, 0.2) is 0 Å². The zero-order valence-electron chi connectivity index (χ0n) is 8.62. The predicted octanol–water partition coefficient (Wildman–Crippen LogP) is 1.09. The second-order valence-corrected chi connectivity index (χ2v) is 3.76. The van der Waals surface area contributed by atoms with E-state index in [9.17, 15) is 4.79 Å². The molecule has 2 rings (SSSR count). The van der Waals surface area contributed by atoms with E-state index in [4.69, 9.17) is 14.2 Å². The summed E-state index contributed by atoms with van der Waals surface area (Å²) >= 11 is 0. The van der Waals surface area contributed by atoms with Gasteiger partial charge in [0.15, 0.2) is 6.10 Å². The van der Waals surface area contributed by atoms with Gasteiger partial charge in [-0.2, -0.15) is 0 Å². The number of carbonyl (C=O) groups excluding carboxylic acids is 1. The molecule has 80 valence electrons. The molecule has 0 N–H and O–H groups in total. The minimum Gasteiger partial charge on any atom is -0.456 e. The standard InChI is InChI=1S/C10H16O4/c1-3-12-10(13-4-2)6-7-5-8(11)14-9(7)10/h7,9H,3-6H2,1-2H3/t7-,9-/m1/s1. The Morgan fingerprint density at radius 2 is 2.07 bits per heavy atom. The molecule has 0 aromatic rings. The van der Waals surface area contributed by atoms with Crippen LogP contribution in [0, 0.1) is 5.92 Å². The van der Waals surface area contributed by atoms with Gasteiger partial charge >= 0.3 is 5.97 Å². The Morgan fingerprint density at radius 1 is 1.43 bits per heavy atom. The molecule has 1 saturated heterocycles. The molecule has 1 aliphatic heterocycles. The zero-order valence-corrected chi connectivity index (χ0v) is 8.62. The van der Waals surface area contributed by atoms with E-state index in [1.165, 1.54) is 0 Å². The monoisotopic (exact) mass is 200 g/mol. The van der Waals surface area contributed by atoms with Crippen molar-refractivity contribution in [2.45, 2.75) is 38.6 Å². The van der Waals surface area contributed by atoms with Gasteiger partial charge < -0.3 is 14.2 Å². The van der Waals surface area contributed by atoms with E-state index in [0.717, 1.165) is 6.42 Å². The van der Waals surface area contributed by atoms with Gasteiger partial charge in [0.25, 0.3) is 0 Å². The molecule has 0 radical (unpaired) electrons. The van der Waals surface area contributed by atoms with Crippen molar-refractivity contribution in [3.05, 3.63) is 0 Å². The highest BCUT2D eigenvalue weighted by atomic mass is 16.7. The first kappa shape index (κ1) is 9.93. The normalized spacial score (nSPS) is 33.4. The third kappa shape index (κ3) is 1.33. The van der Waals surface area contributed by atoms with Crippen LogP contribution in [0.5, 0.6) is 0 Å². The molecule has 0 aromatic heterocycles. The van der Waals surface area contributed by atoms with Gasteiger partial charge in [0.05, 0.1) is 6.42 Å². The van der Waals surface area contributed by atoms with Crippen LogP contribution in [0.4, 0.5) is 0 Å². The summed E-state index contributed by atoms with van der Waals surface area (Å²) in [5.74, 6) is -0.456. The lowest BCUT2D eigenvalue weighted by Gasteiger charge is -2.48. The Bertz CT molecular complexity index is 232. The van der Waals surface area contributed by atoms with Crippen LogP contribution in [-0.2, 0) is 19.0 Å². The Kier molecular flexibility index (Phi) is 2.49. The van der Waals surface area contributed by atoms with Crippen LogP contribution in [0.1, 0.15) is 26.7 Å². The lowest BCUT2D eigenvalue weighted by atomic mass is 9.75. The number of ether oxygens (including phenoxy) is 3. The first-order valence-electron chi connectivity index (χ1n) is 5.19. The summed E-state index contributed by atoms with van der Waals surface area (Å²) in [4.78, 5) is 11.1. The Morgan fingerprint density at radius 3 is 2.57 bits per heavy atom. The highest BCUT2D eigenvalue weighted by Gasteiger charge is 2.62. The van der Waals surface area contributed by atoms with Gasteiger partial charge in [-0.05, 0) is 13.8 Å². The van der Waals surface area contributed by atoms with Gasteiger partial charge in [-0.25, -0.2) is 0 Å². The molecule has 1 heterocycles. The van der Waals surface area contributed by atoms with Crippen molar-refractivity contribution < 1.29 is 19.0 Å². The second-order valence-electron chi connectivity index (χ2n) is 3.76. The van der Waals surface area contributed by atoms with Gasteiger partial charge in [0.1, 0.15) is 0 Å². The summed E-state index contributed by atoms with van der Waals surface area (Å²) in [7, 11) is 0. The van der Waals surface area contributed by atoms with E-state index in [1.54, 1.807) is 0 Å². The molecule has 2 aliphatic rings. The highest BCUT2D eigenvalue weighted by Crippen LogP contribution is 2.49. The van der Waals surface area contributed by atoms with E-state index in [0.29, 0.717) is 25.6 Å². The molecule has 14 heavy (non-hydrogen) atoms. The summed E-state index contributed by atoms with van der Waals surface area (Å²) in [6.45, 7) is 5.01. The first-order chi connectivity index (χ1) is 6.72. The van der Waals surface area contributed by atoms with Crippen molar-refractivity contribution >= 4 is 5.97 Å². The van der Waals surface area contributed by atoms with Crippen LogP contribution >= 0.6 is 0 Å². The van der Waals surface area contributed by atoms with E-state index < -0.39 is 5.79 Å². The molecule has 2 atom stereocenters. The van der Waals surface area contributed by atoms with Crippen molar-refractivity contribution in [3.63, 3.8) is 0 Å². The number of rotatable bonds is 4. The lowest BCUT2D eigenvalue weighted by Crippen LogP contribution is -2.60. The average molecular weight is 200 g/mol. The van der Waals surface area contributed by atoms with Crippen LogP contribution in [-0.4, -0.2) is 31.1 Å². The molecular weight excluding hydrogens is 184 g/mol. The first-order valence-corrected chi connectivity index (χ1v) is 5.19. The third-order valence-corrected chi connectivity index (χ3v) is 2.87. The fourth-order valence-electron chi connectivity index (χ4n) is 2.37. The maximum absolute atomic E-state index is 11.1. The summed E-state index contributed by atoms with van der Waals surface area (Å²) in [6, 6.07) is 0. The number of hydrogen-bond acceptors (Lipinski definition) is 4. The minimum absolute atomic E-state index is 0.124. The average Bonchev–Trinajstić information content (AvgIpc) is 2.43. The van der Waals surface area contributed by atoms with Crippen molar-refractivity contribution in [1.29, 1.82) is 0 Å². The zero-order chi connectivity index (χ0) is 10.2. The molecule has 4 heteroatoms. The van der Waals surface area contributed by atoms with Crippen molar-refractivity contribution in [3.8, 4) is 0 Å². The largest absolute Gasteiger partial charge is 0.456 e. The fourth-order valence-corrected chi connectivity index (χ4v) is 2.37. The number of esters is 1. The molecule has 2 fully saturated rings. The molecular formula is C10H16O4. The third-order valence-electron chi connectivity index (χ3n) is 2.87. The number of fused-ring (bicyclic) bond motifs is 1. The molecule has 4 nitrogen and oxygen atoms in total. The molecule has 1 aliphatic carbocycles. The summed E-state index contributed by atoms with van der Waals surface area (Å²) < 4.78 is 16.3. The maximum atomic E-state index is 11.1. The van der Waals surface area contributed by atoms with Gasteiger partial charge in [0, 0.05) is 25.6 Å². The van der Waals surface area contributed by atoms with E-state index >= 15 is 0 Å². The van der Waals surface area contributed by atoms with Crippen LogP contribution < -0.4 is 0 Å². The Labute approximate surface area is 83.5 Å². The molecule has 0 bridgehead atoms. The Hall–Kier alpha value is -0.610. The summed E-state index contributed by atoms with van der Waals surface area (Å²) in [5, 5.41) is 0. The van der Waals surface area contributed by atoms with Gasteiger partial charge in [0.2, 0.25) is 5.79 Å². The van der Waals surface area contributed by atoms with Crippen molar-refractivity contribution in [2.75, 3.05) is 13.2 Å². The highest BCUT2D eigenvalue weighted by molar-refractivity contribution is 5.73. The van der Waals surface area contributed by atoms with Crippen LogP contribution in [0.2, 0.25) is 0 Å². The van der Waals surface area contributed by atoms with Crippen molar-refractivity contribution in [1.82, 2.24) is 0 Å². The molecule has 0 amide bonds. The summed E-state index contributed by atoms with van der Waals surface area (Å²) in [6.07, 6.45) is 1.13. The Balaban J connectivity index is 2.04. The van der Waals surface area contributed by atoms with Gasteiger partial charge in [-0.3, -0.25) is 4.79 Å². The quantitative estimate of drug-likeness (QED) is 0.503. The predicted molar refractivity (Wildman–Crippen MR) is 48.6 cm³/mol. The lowest BCUT2D eigenvalue weighted by molar-refractivity contribution is -0.334. The minimum atomic E-state index is -0.639. The van der Waals surface area contributed by atoms with Crippen LogP contribution in [0.25, 0.3) is 0 Å². The molecule has 0 spiro atoms. The fraction of sp³-hybridized carbons (Fsp3) is 0.900. The van der Waals surface area contributed by atoms with E-state index in [2.05, 4.69) is 0 Å².